The molecule has 0 fully saturated rings. The van der Waals surface area contributed by atoms with Gasteiger partial charge in [0.2, 0.25) is 0 Å². The zero-order valence-electron chi connectivity index (χ0n) is 9.29. The quantitative estimate of drug-likeness (QED) is 0.763. The number of hydrogen-bond donors (Lipinski definition) is 1. The van der Waals surface area contributed by atoms with Gasteiger partial charge in [-0.25, -0.2) is 0 Å². The lowest BCUT2D eigenvalue weighted by Crippen LogP contribution is -2.27. The molecule has 15 heavy (non-hydrogen) atoms. The van der Waals surface area contributed by atoms with E-state index in [4.69, 9.17) is 11.6 Å². The number of thioether (sulfide) groups is 1. The molecule has 1 N–H and O–H groups in total. The lowest BCUT2D eigenvalue weighted by atomic mass is 10.2. The lowest BCUT2D eigenvalue weighted by Gasteiger charge is -2.14. The summed E-state index contributed by atoms with van der Waals surface area (Å²) in [6.07, 6.45) is 2.45. The van der Waals surface area contributed by atoms with Gasteiger partial charge in [-0.15, -0.1) is 11.8 Å². The molecule has 0 heterocycles. The minimum atomic E-state index is 0.596. The molecule has 1 atom stereocenters. The van der Waals surface area contributed by atoms with Crippen LogP contribution in [-0.4, -0.2) is 18.8 Å². The van der Waals surface area contributed by atoms with Gasteiger partial charge in [0.25, 0.3) is 0 Å². The minimum absolute atomic E-state index is 0.596. The normalized spacial score (nSPS) is 12.7. The maximum absolute atomic E-state index is 5.93. The van der Waals surface area contributed by atoms with Crippen LogP contribution in [0.15, 0.2) is 29.2 Å². The first-order valence-corrected chi connectivity index (χ1v) is 6.68. The number of hydrogen-bond acceptors (Lipinski definition) is 2. The number of halogens is 1. The van der Waals surface area contributed by atoms with Gasteiger partial charge in [0.1, 0.15) is 0 Å². The van der Waals surface area contributed by atoms with Crippen molar-refractivity contribution in [1.29, 1.82) is 0 Å². The molecule has 0 aliphatic heterocycles. The van der Waals surface area contributed by atoms with Crippen LogP contribution in [0.5, 0.6) is 0 Å². The van der Waals surface area contributed by atoms with Crippen molar-refractivity contribution in [2.45, 2.75) is 30.7 Å². The first-order valence-electron chi connectivity index (χ1n) is 5.32. The van der Waals surface area contributed by atoms with Crippen LogP contribution in [0.2, 0.25) is 5.02 Å². The molecule has 0 saturated carbocycles. The van der Waals surface area contributed by atoms with Crippen LogP contribution in [-0.2, 0) is 0 Å². The van der Waals surface area contributed by atoms with Crippen molar-refractivity contribution in [3.8, 4) is 0 Å². The van der Waals surface area contributed by atoms with Crippen molar-refractivity contribution in [2.24, 2.45) is 0 Å². The van der Waals surface area contributed by atoms with E-state index in [0.717, 1.165) is 10.8 Å². The predicted molar refractivity (Wildman–Crippen MR) is 69.9 cm³/mol. The molecule has 0 aromatic heterocycles. The average Bonchev–Trinajstić information content (AvgIpc) is 2.24. The van der Waals surface area contributed by atoms with Crippen molar-refractivity contribution >= 4 is 23.4 Å². The van der Waals surface area contributed by atoms with Crippen molar-refractivity contribution in [1.82, 2.24) is 5.32 Å². The van der Waals surface area contributed by atoms with Gasteiger partial charge in [0.05, 0.1) is 0 Å². The second kappa shape index (κ2) is 7.15. The summed E-state index contributed by atoms with van der Waals surface area (Å²) in [5.41, 5.74) is 0. The third kappa shape index (κ3) is 4.92. The van der Waals surface area contributed by atoms with Gasteiger partial charge in [-0.1, -0.05) is 31.0 Å². The third-order valence-electron chi connectivity index (χ3n) is 2.29. The van der Waals surface area contributed by atoms with Gasteiger partial charge < -0.3 is 5.32 Å². The zero-order valence-corrected chi connectivity index (χ0v) is 10.9. The Bertz CT molecular complexity index is 291. The zero-order chi connectivity index (χ0) is 11.1. The Balaban J connectivity index is 2.41. The van der Waals surface area contributed by atoms with E-state index in [-0.39, 0.29) is 0 Å². The maximum Gasteiger partial charge on any atom is 0.0417 e. The van der Waals surface area contributed by atoms with Gasteiger partial charge in [0.15, 0.2) is 0 Å². The summed E-state index contributed by atoms with van der Waals surface area (Å²) in [5, 5.41) is 4.15. The highest BCUT2D eigenvalue weighted by molar-refractivity contribution is 7.99. The van der Waals surface area contributed by atoms with Gasteiger partial charge in [-0.3, -0.25) is 0 Å². The fourth-order valence-corrected chi connectivity index (χ4v) is 2.78. The van der Waals surface area contributed by atoms with Gasteiger partial charge in [-0.2, -0.15) is 0 Å². The molecule has 1 rings (SSSR count). The van der Waals surface area contributed by atoms with Crippen LogP contribution in [0, 0.1) is 0 Å². The van der Waals surface area contributed by atoms with E-state index in [9.17, 15) is 0 Å². The van der Waals surface area contributed by atoms with E-state index in [2.05, 4.69) is 18.3 Å². The van der Waals surface area contributed by atoms with E-state index in [0.29, 0.717) is 6.04 Å². The van der Waals surface area contributed by atoms with Crippen LogP contribution >= 0.6 is 23.4 Å². The summed E-state index contributed by atoms with van der Waals surface area (Å²) in [5.74, 6) is 1.10. The van der Waals surface area contributed by atoms with Crippen molar-refractivity contribution in [3.63, 3.8) is 0 Å². The molecule has 84 valence electrons. The highest BCUT2D eigenvalue weighted by Crippen LogP contribution is 2.22. The number of nitrogens with one attached hydrogen (secondary N) is 1. The molecule has 0 spiro atoms. The standard InChI is InChI=1S/C12H18ClNS/c1-3-5-11(14-2)9-15-12-7-4-6-10(13)8-12/h4,6-8,11,14H,3,5,9H2,1-2H3. The summed E-state index contributed by atoms with van der Waals surface area (Å²) in [6.45, 7) is 2.22. The molecule has 0 radical (unpaired) electrons. The molecule has 0 saturated heterocycles. The summed E-state index contributed by atoms with van der Waals surface area (Å²) in [7, 11) is 2.03. The van der Waals surface area contributed by atoms with Gasteiger partial charge >= 0.3 is 0 Å². The van der Waals surface area contributed by atoms with Crippen LogP contribution in [0.25, 0.3) is 0 Å². The first kappa shape index (κ1) is 12.9. The summed E-state index contributed by atoms with van der Waals surface area (Å²) in [6, 6.07) is 8.63. The minimum Gasteiger partial charge on any atom is -0.316 e. The average molecular weight is 244 g/mol. The summed E-state index contributed by atoms with van der Waals surface area (Å²) in [4.78, 5) is 1.25. The third-order valence-corrected chi connectivity index (χ3v) is 3.68. The van der Waals surface area contributed by atoms with Crippen molar-refractivity contribution in [3.05, 3.63) is 29.3 Å². The van der Waals surface area contributed by atoms with Crippen LogP contribution < -0.4 is 5.32 Å². The highest BCUT2D eigenvalue weighted by atomic mass is 35.5. The monoisotopic (exact) mass is 243 g/mol. The lowest BCUT2D eigenvalue weighted by molar-refractivity contribution is 0.565. The van der Waals surface area contributed by atoms with Gasteiger partial charge in [-0.05, 0) is 31.7 Å². The number of benzene rings is 1. The van der Waals surface area contributed by atoms with Crippen molar-refractivity contribution < 1.29 is 0 Å². The van der Waals surface area contributed by atoms with Gasteiger partial charge in [0, 0.05) is 21.7 Å². The van der Waals surface area contributed by atoms with Crippen molar-refractivity contribution in [2.75, 3.05) is 12.8 Å². The van der Waals surface area contributed by atoms with E-state index in [1.165, 1.54) is 17.7 Å². The second-order valence-corrected chi connectivity index (χ2v) is 5.07. The Morgan fingerprint density at radius 1 is 1.47 bits per heavy atom. The smallest absolute Gasteiger partial charge is 0.0417 e. The molecule has 0 aliphatic carbocycles. The molecular formula is C12H18ClNS. The molecule has 1 unspecified atom stereocenters. The number of rotatable bonds is 6. The van der Waals surface area contributed by atoms with E-state index >= 15 is 0 Å². The van der Waals surface area contributed by atoms with Crippen LogP contribution in [0.4, 0.5) is 0 Å². The Labute approximate surface area is 102 Å². The van der Waals surface area contributed by atoms with E-state index in [1.54, 1.807) is 0 Å². The largest absolute Gasteiger partial charge is 0.316 e. The predicted octanol–water partition coefficient (Wildman–Crippen LogP) is 3.82. The molecular weight excluding hydrogens is 226 g/mol. The Morgan fingerprint density at radius 2 is 2.27 bits per heavy atom. The molecule has 1 aromatic carbocycles. The fraction of sp³-hybridized carbons (Fsp3) is 0.500. The summed E-state index contributed by atoms with van der Waals surface area (Å²) >= 11 is 7.79. The summed E-state index contributed by atoms with van der Waals surface area (Å²) < 4.78 is 0. The SMILES string of the molecule is CCCC(CSc1cccc(Cl)c1)NC. The molecule has 3 heteroatoms. The second-order valence-electron chi connectivity index (χ2n) is 3.54. The van der Waals surface area contributed by atoms with Crippen LogP contribution in [0.3, 0.4) is 0 Å². The molecule has 1 nitrogen and oxygen atoms in total. The molecule has 0 bridgehead atoms. The maximum atomic E-state index is 5.93. The van der Waals surface area contributed by atoms with Crippen LogP contribution in [0.1, 0.15) is 19.8 Å². The van der Waals surface area contributed by atoms with E-state index in [1.807, 2.05) is 37.0 Å². The fourth-order valence-electron chi connectivity index (χ4n) is 1.41. The first-order chi connectivity index (χ1) is 7.26. The molecule has 1 aromatic rings. The molecule has 0 aliphatic rings. The molecule has 0 amide bonds. The Morgan fingerprint density at radius 3 is 2.87 bits per heavy atom. The highest BCUT2D eigenvalue weighted by Gasteiger charge is 2.05. The van der Waals surface area contributed by atoms with E-state index < -0.39 is 0 Å². The topological polar surface area (TPSA) is 12.0 Å². The Hall–Kier alpha value is -0.180. The Kier molecular flexibility index (Phi) is 6.15.